The van der Waals surface area contributed by atoms with Crippen molar-refractivity contribution in [3.63, 3.8) is 0 Å². The van der Waals surface area contributed by atoms with Gasteiger partial charge in [0.1, 0.15) is 11.3 Å². The van der Waals surface area contributed by atoms with Crippen LogP contribution in [0.2, 0.25) is 5.02 Å². The van der Waals surface area contributed by atoms with E-state index in [9.17, 15) is 5.26 Å². The summed E-state index contributed by atoms with van der Waals surface area (Å²) in [5.74, 6) is 1.17. The molecule has 0 N–H and O–H groups in total. The van der Waals surface area contributed by atoms with Crippen molar-refractivity contribution in [3.8, 4) is 23.2 Å². The first-order valence-corrected chi connectivity index (χ1v) is 10.7. The fourth-order valence-corrected chi connectivity index (χ4v) is 4.28. The SMILES string of the molecule is Cc1c(-c2cc(OC(C)c3ncccn3)c3c(Cl)cnn3c2)nn2c1CCN(C#N)CC2. The molecule has 0 saturated heterocycles. The summed E-state index contributed by atoms with van der Waals surface area (Å²) < 4.78 is 9.98. The van der Waals surface area contributed by atoms with Crippen molar-refractivity contribution >= 4 is 17.1 Å². The Morgan fingerprint density at radius 3 is 2.81 bits per heavy atom. The average Bonchev–Trinajstić information content (AvgIpc) is 3.25. The van der Waals surface area contributed by atoms with E-state index in [1.807, 2.05) is 23.9 Å². The Hall–Kier alpha value is -3.64. The maximum absolute atomic E-state index is 9.22. The van der Waals surface area contributed by atoms with Crippen molar-refractivity contribution in [3.05, 3.63) is 59.0 Å². The first-order chi connectivity index (χ1) is 15.5. The van der Waals surface area contributed by atoms with E-state index in [0.29, 0.717) is 41.7 Å². The van der Waals surface area contributed by atoms with Gasteiger partial charge in [0.2, 0.25) is 0 Å². The zero-order chi connectivity index (χ0) is 22.2. The minimum atomic E-state index is -0.377. The van der Waals surface area contributed by atoms with E-state index in [1.54, 1.807) is 34.1 Å². The van der Waals surface area contributed by atoms with Gasteiger partial charge in [-0.15, -0.1) is 0 Å². The molecule has 10 heteroatoms. The molecule has 32 heavy (non-hydrogen) atoms. The topological polar surface area (TPSA) is 97.2 Å². The third-order valence-electron chi connectivity index (χ3n) is 5.72. The highest BCUT2D eigenvalue weighted by atomic mass is 35.5. The summed E-state index contributed by atoms with van der Waals surface area (Å²) in [7, 11) is 0. The van der Waals surface area contributed by atoms with Gasteiger partial charge in [0, 0.05) is 49.4 Å². The highest BCUT2D eigenvalue weighted by Gasteiger charge is 2.22. The van der Waals surface area contributed by atoms with Crippen LogP contribution >= 0.6 is 11.6 Å². The van der Waals surface area contributed by atoms with Crippen LogP contribution in [0.25, 0.3) is 16.8 Å². The van der Waals surface area contributed by atoms with Crippen LogP contribution in [0.15, 0.2) is 36.9 Å². The summed E-state index contributed by atoms with van der Waals surface area (Å²) >= 11 is 6.42. The molecule has 4 aromatic heterocycles. The minimum absolute atomic E-state index is 0.377. The van der Waals surface area contributed by atoms with Gasteiger partial charge in [-0.05, 0) is 31.5 Å². The first kappa shape index (κ1) is 20.3. The Labute approximate surface area is 189 Å². The largest absolute Gasteiger partial charge is 0.480 e. The van der Waals surface area contributed by atoms with Crippen LogP contribution in [-0.2, 0) is 13.0 Å². The molecule has 1 atom stereocenters. The predicted octanol–water partition coefficient (Wildman–Crippen LogP) is 3.43. The first-order valence-electron chi connectivity index (χ1n) is 10.4. The molecular formula is C22H21ClN8O. The predicted molar refractivity (Wildman–Crippen MR) is 118 cm³/mol. The third kappa shape index (κ3) is 3.52. The number of halogens is 1. The molecule has 0 bridgehead atoms. The van der Waals surface area contributed by atoms with Crippen molar-refractivity contribution in [1.29, 1.82) is 5.26 Å². The van der Waals surface area contributed by atoms with Gasteiger partial charge in [0.05, 0.1) is 23.5 Å². The maximum atomic E-state index is 9.22. The van der Waals surface area contributed by atoms with E-state index < -0.39 is 0 Å². The molecule has 0 saturated carbocycles. The summed E-state index contributed by atoms with van der Waals surface area (Å²) in [6.45, 7) is 5.98. The van der Waals surface area contributed by atoms with Gasteiger partial charge in [-0.2, -0.15) is 15.5 Å². The molecular weight excluding hydrogens is 428 g/mol. The van der Waals surface area contributed by atoms with E-state index in [1.165, 1.54) is 0 Å². The lowest BCUT2D eigenvalue weighted by molar-refractivity contribution is 0.218. The zero-order valence-corrected chi connectivity index (χ0v) is 18.5. The van der Waals surface area contributed by atoms with Gasteiger partial charge in [0.25, 0.3) is 0 Å². The van der Waals surface area contributed by atoms with Gasteiger partial charge in [-0.3, -0.25) is 4.68 Å². The van der Waals surface area contributed by atoms with Crippen LogP contribution in [0.4, 0.5) is 0 Å². The summed E-state index contributed by atoms with van der Waals surface area (Å²) in [5, 5.41) is 19.0. The standard InChI is InChI=1S/C22H21ClN8O/c1-14-18-4-7-29(13-24)8-9-30(18)28-20(14)16-10-19(21-17(23)11-27-31(21)12-16)32-15(2)22-25-5-3-6-26-22/h3,5-6,10-12,15H,4,7-9H2,1-2H3. The van der Waals surface area contributed by atoms with Crippen LogP contribution in [0.5, 0.6) is 5.75 Å². The van der Waals surface area contributed by atoms with E-state index in [-0.39, 0.29) is 6.10 Å². The Morgan fingerprint density at radius 2 is 2.03 bits per heavy atom. The molecule has 5 heterocycles. The number of ether oxygens (including phenoxy) is 1. The molecule has 1 aliphatic heterocycles. The molecule has 1 unspecified atom stereocenters. The number of nitriles is 1. The van der Waals surface area contributed by atoms with E-state index in [4.69, 9.17) is 21.4 Å². The average molecular weight is 449 g/mol. The number of pyridine rings is 1. The zero-order valence-electron chi connectivity index (χ0n) is 17.7. The minimum Gasteiger partial charge on any atom is -0.480 e. The molecule has 0 aliphatic carbocycles. The van der Waals surface area contributed by atoms with Crippen LogP contribution in [0, 0.1) is 18.4 Å². The second kappa shape index (κ2) is 8.13. The van der Waals surface area contributed by atoms with E-state index in [0.717, 1.165) is 28.9 Å². The Balaban J connectivity index is 1.56. The number of aromatic nitrogens is 6. The van der Waals surface area contributed by atoms with Gasteiger partial charge >= 0.3 is 0 Å². The third-order valence-corrected chi connectivity index (χ3v) is 6.00. The molecule has 1 aliphatic rings. The highest BCUT2D eigenvalue weighted by molar-refractivity contribution is 6.34. The molecule has 0 fully saturated rings. The smallest absolute Gasteiger partial charge is 0.179 e. The molecule has 0 spiro atoms. The Bertz CT molecular complexity index is 1320. The molecule has 9 nitrogen and oxygen atoms in total. The second-order valence-corrected chi connectivity index (χ2v) is 8.13. The number of hydrogen-bond acceptors (Lipinski definition) is 7. The lowest BCUT2D eigenvalue weighted by atomic mass is 10.1. The van der Waals surface area contributed by atoms with Crippen LogP contribution in [-0.4, -0.2) is 47.4 Å². The fraction of sp³-hybridized carbons (Fsp3) is 0.318. The van der Waals surface area contributed by atoms with E-state index >= 15 is 0 Å². The van der Waals surface area contributed by atoms with Crippen molar-refractivity contribution in [2.75, 3.05) is 13.1 Å². The number of nitrogens with zero attached hydrogens (tertiary/aromatic N) is 8. The highest BCUT2D eigenvalue weighted by Crippen LogP contribution is 2.35. The van der Waals surface area contributed by atoms with Crippen LogP contribution < -0.4 is 4.74 Å². The quantitative estimate of drug-likeness (QED) is 0.441. The fourth-order valence-electron chi connectivity index (χ4n) is 4.06. The van der Waals surface area contributed by atoms with Crippen molar-refractivity contribution in [2.24, 2.45) is 0 Å². The van der Waals surface area contributed by atoms with Gasteiger partial charge < -0.3 is 9.64 Å². The molecule has 0 amide bonds. The lowest BCUT2D eigenvalue weighted by Crippen LogP contribution is -2.21. The summed E-state index contributed by atoms with van der Waals surface area (Å²) in [4.78, 5) is 10.4. The van der Waals surface area contributed by atoms with Gasteiger partial charge in [0.15, 0.2) is 18.1 Å². The van der Waals surface area contributed by atoms with Gasteiger partial charge in [-0.1, -0.05) is 11.6 Å². The van der Waals surface area contributed by atoms with Crippen molar-refractivity contribution in [1.82, 2.24) is 34.3 Å². The van der Waals surface area contributed by atoms with E-state index in [2.05, 4.69) is 28.2 Å². The monoisotopic (exact) mass is 448 g/mol. The molecule has 4 aromatic rings. The van der Waals surface area contributed by atoms with Crippen molar-refractivity contribution < 1.29 is 4.74 Å². The molecule has 0 radical (unpaired) electrons. The van der Waals surface area contributed by atoms with Crippen LogP contribution in [0.3, 0.4) is 0 Å². The maximum Gasteiger partial charge on any atom is 0.179 e. The number of rotatable bonds is 4. The molecule has 0 aromatic carbocycles. The number of fused-ring (bicyclic) bond motifs is 2. The Morgan fingerprint density at radius 1 is 1.22 bits per heavy atom. The molecule has 162 valence electrons. The van der Waals surface area contributed by atoms with Gasteiger partial charge in [-0.25, -0.2) is 14.5 Å². The second-order valence-electron chi connectivity index (χ2n) is 7.73. The lowest BCUT2D eigenvalue weighted by Gasteiger charge is -2.15. The summed E-state index contributed by atoms with van der Waals surface area (Å²) in [6.07, 6.45) is 9.52. The Kier molecular flexibility index (Phi) is 5.15. The summed E-state index contributed by atoms with van der Waals surface area (Å²) in [6, 6.07) is 3.71. The van der Waals surface area contributed by atoms with Crippen molar-refractivity contribution in [2.45, 2.75) is 32.9 Å². The molecule has 5 rings (SSSR count). The summed E-state index contributed by atoms with van der Waals surface area (Å²) in [5.41, 5.74) is 4.66. The number of hydrogen-bond donors (Lipinski definition) is 0. The normalized spacial score (nSPS) is 14.6. The van der Waals surface area contributed by atoms with Crippen LogP contribution in [0.1, 0.15) is 30.1 Å².